The van der Waals surface area contributed by atoms with Crippen LogP contribution in [0.1, 0.15) is 138 Å². The first kappa shape index (κ1) is 79.7. The number of likely N-dealkylation sites (tertiary alicyclic amines) is 3. The smallest absolute Gasteiger partial charge is 0.391 e. The molecule has 1 aromatic heterocycles. The highest BCUT2D eigenvalue weighted by molar-refractivity contribution is 7.99. The summed E-state index contributed by atoms with van der Waals surface area (Å²) in [6, 6.07) is 31.0. The number of anilines is 2. The normalized spacial score (nSPS) is 20.0. The van der Waals surface area contributed by atoms with Gasteiger partial charge < -0.3 is 40.7 Å². The van der Waals surface area contributed by atoms with Crippen LogP contribution >= 0.6 is 34.7 Å². The molecule has 106 heavy (non-hydrogen) atoms. The second-order valence-corrected chi connectivity index (χ2v) is 35.8. The summed E-state index contributed by atoms with van der Waals surface area (Å²) in [4.78, 5) is 83.1. The number of sulfonamides is 1. The van der Waals surface area contributed by atoms with Crippen LogP contribution in [0.4, 0.5) is 24.5 Å². The number of aryl methyl sites for hydroxylation is 1. The molecular weight excluding hydrogens is 1460 g/mol. The van der Waals surface area contributed by atoms with Crippen molar-refractivity contribution in [2.45, 2.75) is 162 Å². The van der Waals surface area contributed by atoms with Crippen LogP contribution in [0.5, 0.6) is 0 Å². The number of amides is 5. The molecular formula is C78H96ClF3N10O10S4. The number of aliphatic hydroxyl groups excluding tert-OH is 1. The Hall–Kier alpha value is -7.37. The number of aromatic nitrogens is 1. The van der Waals surface area contributed by atoms with Crippen molar-refractivity contribution in [3.63, 3.8) is 0 Å². The molecule has 4 fully saturated rings. The first-order valence-electron chi connectivity index (χ1n) is 36.6. The number of nitrogens with zero attached hydrogens (tertiary/aromatic N) is 6. The second kappa shape index (κ2) is 34.9. The number of hydrogen-bond acceptors (Lipinski definition) is 17. The number of nitrogens with one attached hydrogen (secondary N) is 4. The Morgan fingerprint density at radius 1 is 0.755 bits per heavy atom. The Balaban J connectivity index is 0.642. The molecule has 4 unspecified atom stereocenters. The number of benzene rings is 5. The number of rotatable bonds is 28. The van der Waals surface area contributed by atoms with Gasteiger partial charge in [-0.25, -0.2) is 26.5 Å². The molecule has 7 atom stereocenters. The molecule has 28 heteroatoms. The quantitative estimate of drug-likeness (QED) is 0.0226. The van der Waals surface area contributed by atoms with E-state index in [0.29, 0.717) is 82.6 Å². The highest BCUT2D eigenvalue weighted by atomic mass is 35.5. The molecule has 5 amide bonds. The number of aliphatic hydroxyl groups is 1. The third-order valence-corrected chi connectivity index (χ3v) is 26.3. The summed E-state index contributed by atoms with van der Waals surface area (Å²) in [5.74, 6) is -1.63. The van der Waals surface area contributed by atoms with E-state index in [9.17, 15) is 59.1 Å². The zero-order chi connectivity index (χ0) is 75.7. The summed E-state index contributed by atoms with van der Waals surface area (Å²) < 4.78 is 101. The summed E-state index contributed by atoms with van der Waals surface area (Å²) in [6.07, 6.45) is 7.03. The van der Waals surface area contributed by atoms with Gasteiger partial charge in [-0.1, -0.05) is 105 Å². The van der Waals surface area contributed by atoms with Crippen molar-refractivity contribution in [3.05, 3.63) is 160 Å². The van der Waals surface area contributed by atoms with Crippen molar-refractivity contribution in [1.29, 1.82) is 0 Å². The van der Waals surface area contributed by atoms with Crippen LogP contribution in [0.3, 0.4) is 0 Å². The van der Waals surface area contributed by atoms with Crippen LogP contribution < -0.4 is 25.6 Å². The van der Waals surface area contributed by atoms with E-state index in [1.807, 2.05) is 111 Å². The molecule has 20 nitrogen and oxygen atoms in total. The van der Waals surface area contributed by atoms with Crippen molar-refractivity contribution in [2.75, 3.05) is 88.0 Å². The maximum atomic E-state index is 14.6. The molecule has 4 aliphatic heterocycles. The standard InChI is InChI=1S/C78H96ClF3N10O10S4/c1-51(53-21-23-55(24-22-53)72-52(2)83-50-104-72)84-75(97)68-41-63(93)48-92(68)76(98)73(77(3,4)5)86-70(94)19-13-8-14-20-71(95)91-46-58-44-89(45-59(58)47-91)36-35-61(49-103-64-16-10-7-11-17-64)85-67-34-33-65(42-69(67)105(99,100)78(80,81)82)106(101,102)87-74(96)56-27-31-62(32-28-56)90-39-37-88(38-40-90)43-57-15-9-6-12-18-66(57)54-25-29-60(79)30-26-54/h7,10-11,16-17,21-34,42,50-51,58-59,61,63,68,73,85,93H,6,8-9,12-15,18-20,35-41,43-49H2,1-5H3,(H,84,97)(H,86,94)(H,87,96)/t51-,58?,59?,61?,63+,68-,73?/m0/s1. The largest absolute Gasteiger partial charge is 0.501 e. The number of fused-ring (bicyclic) bond motifs is 1. The van der Waals surface area contributed by atoms with Crippen molar-refractivity contribution in [3.8, 4) is 10.4 Å². The van der Waals surface area contributed by atoms with E-state index < -0.39 is 94.3 Å². The number of thioether (sulfide) groups is 1. The summed E-state index contributed by atoms with van der Waals surface area (Å²) in [6.45, 7) is 16.0. The molecule has 5 N–H and O–H groups in total. The van der Waals surface area contributed by atoms with Crippen LogP contribution in [0, 0.1) is 24.2 Å². The molecule has 4 saturated heterocycles. The Morgan fingerprint density at radius 2 is 1.42 bits per heavy atom. The molecule has 570 valence electrons. The maximum absolute atomic E-state index is 14.6. The lowest BCUT2D eigenvalue weighted by molar-refractivity contribution is -0.144. The number of piperazine rings is 1. The van der Waals surface area contributed by atoms with Gasteiger partial charge in [0.25, 0.3) is 25.8 Å². The molecule has 11 rings (SSSR count). The Kier molecular flexibility index (Phi) is 26.2. The van der Waals surface area contributed by atoms with Gasteiger partial charge in [-0.3, -0.25) is 28.9 Å². The minimum atomic E-state index is -6.17. The minimum absolute atomic E-state index is 0.00633. The molecule has 1 aliphatic carbocycles. The van der Waals surface area contributed by atoms with E-state index in [2.05, 4.69) is 47.8 Å². The lowest BCUT2D eigenvalue weighted by atomic mass is 9.85. The van der Waals surface area contributed by atoms with Gasteiger partial charge in [-0.05, 0) is 165 Å². The monoisotopic (exact) mass is 1550 g/mol. The Morgan fingerprint density at radius 3 is 2.08 bits per heavy atom. The summed E-state index contributed by atoms with van der Waals surface area (Å²) in [5, 5.41) is 20.5. The zero-order valence-electron chi connectivity index (χ0n) is 60.6. The number of allylic oxidation sites excluding steroid dienone is 1. The van der Waals surface area contributed by atoms with E-state index >= 15 is 0 Å². The average molecular weight is 1550 g/mol. The van der Waals surface area contributed by atoms with Crippen LogP contribution in [0.15, 0.2) is 147 Å². The van der Waals surface area contributed by atoms with Crippen LogP contribution in [-0.4, -0.2) is 184 Å². The fourth-order valence-electron chi connectivity index (χ4n) is 15.0. The number of carbonyl (C=O) groups is 5. The van der Waals surface area contributed by atoms with E-state index in [1.165, 1.54) is 51.9 Å². The summed E-state index contributed by atoms with van der Waals surface area (Å²) >= 11 is 9.18. The van der Waals surface area contributed by atoms with Gasteiger partial charge in [0.1, 0.15) is 17.0 Å². The van der Waals surface area contributed by atoms with Crippen LogP contribution in [-0.2, 0) is 39.0 Å². The van der Waals surface area contributed by atoms with Gasteiger partial charge in [0.2, 0.25) is 23.6 Å². The van der Waals surface area contributed by atoms with Crippen LogP contribution in [0.25, 0.3) is 16.0 Å². The predicted octanol–water partition coefficient (Wildman–Crippen LogP) is 12.4. The van der Waals surface area contributed by atoms with Gasteiger partial charge >= 0.3 is 5.51 Å². The molecule has 5 aliphatic rings. The molecule has 6 aromatic rings. The van der Waals surface area contributed by atoms with Gasteiger partial charge in [-0.2, -0.15) is 13.2 Å². The number of thiazole rings is 1. The zero-order valence-corrected chi connectivity index (χ0v) is 64.6. The van der Waals surface area contributed by atoms with Crippen molar-refractivity contribution < 1.29 is 59.1 Å². The van der Waals surface area contributed by atoms with Crippen LogP contribution in [0.2, 0.25) is 5.02 Å². The first-order valence-corrected chi connectivity index (χ1v) is 41.8. The van der Waals surface area contributed by atoms with Gasteiger partial charge in [0.05, 0.1) is 38.8 Å². The highest BCUT2D eigenvalue weighted by Crippen LogP contribution is 2.39. The first-order chi connectivity index (χ1) is 50.5. The third kappa shape index (κ3) is 20.1. The number of carbonyl (C=O) groups excluding carboxylic acids is 5. The van der Waals surface area contributed by atoms with Gasteiger partial charge in [0, 0.05) is 124 Å². The highest BCUT2D eigenvalue weighted by Gasteiger charge is 2.49. The van der Waals surface area contributed by atoms with Crippen molar-refractivity contribution >= 4 is 101 Å². The molecule has 0 spiro atoms. The number of halogens is 4. The average Bonchev–Trinajstić information content (AvgIpc) is 1.10. The Labute approximate surface area is 633 Å². The molecule has 0 radical (unpaired) electrons. The molecule has 5 aromatic carbocycles. The third-order valence-electron chi connectivity index (χ3n) is 21.0. The van der Waals surface area contributed by atoms with Crippen molar-refractivity contribution in [2.24, 2.45) is 17.3 Å². The fraction of sp³-hybridized carbons (Fsp3) is 0.487. The maximum Gasteiger partial charge on any atom is 0.501 e. The SMILES string of the molecule is Cc1ncsc1-c1ccc([C@H](C)NC(=O)[C@@H]2C[C@@H](O)CN2C(=O)C(NC(=O)CCCCCC(=O)N2CC3CN(CCC(CSc4ccccc4)Nc4ccc(S(=O)(=O)NC(=O)c5ccc(N6CCN(CC7=C(c8ccc(Cl)cc8)CCCCC7)CC6)cc5)cc4S(=O)(=O)C(F)(F)F)CC3C2)C(C)(C)C)cc1. The van der Waals surface area contributed by atoms with E-state index in [0.717, 1.165) is 89.7 Å². The molecule has 0 bridgehead atoms. The second-order valence-electron chi connectivity index (χ2n) is 29.8. The van der Waals surface area contributed by atoms with Gasteiger partial charge in [-0.15, -0.1) is 23.1 Å². The van der Waals surface area contributed by atoms with Crippen molar-refractivity contribution in [1.82, 2.24) is 39.9 Å². The number of β-amino-alcohol motifs (C(OH)–C–C–N with tert-alkyl or cyclic N) is 1. The predicted molar refractivity (Wildman–Crippen MR) is 410 cm³/mol. The fourth-order valence-corrected chi connectivity index (χ4v) is 19.0. The topological polar surface area (TPSA) is 251 Å². The van der Waals surface area contributed by atoms with E-state index in [1.54, 1.807) is 29.0 Å². The van der Waals surface area contributed by atoms with E-state index in [-0.39, 0.29) is 60.8 Å². The number of alkyl halides is 3. The lowest BCUT2D eigenvalue weighted by Gasteiger charge is -2.37. The Bertz CT molecular complexity index is 4340. The van der Waals surface area contributed by atoms with E-state index in [4.69, 9.17) is 11.6 Å². The number of unbranched alkanes of at least 4 members (excludes halogenated alkanes) is 2. The lowest BCUT2D eigenvalue weighted by Crippen LogP contribution is -2.57. The number of sulfone groups is 1. The summed E-state index contributed by atoms with van der Waals surface area (Å²) in [7, 11) is -11.1. The molecule has 5 heterocycles. The minimum Gasteiger partial charge on any atom is -0.391 e. The molecule has 0 saturated carbocycles. The number of hydrogen-bond donors (Lipinski definition) is 5. The summed E-state index contributed by atoms with van der Waals surface area (Å²) in [5.41, 5.74) is 2.47. The van der Waals surface area contributed by atoms with Gasteiger partial charge in [0.15, 0.2) is 0 Å².